The molecule has 35 heavy (non-hydrogen) atoms. The van der Waals surface area contributed by atoms with Crippen molar-refractivity contribution in [2.45, 2.75) is 64.5 Å². The van der Waals surface area contributed by atoms with E-state index in [1.807, 2.05) is 38.1 Å². The molecule has 1 saturated heterocycles. The van der Waals surface area contributed by atoms with E-state index in [2.05, 4.69) is 17.2 Å². The van der Waals surface area contributed by atoms with E-state index >= 15 is 0 Å². The van der Waals surface area contributed by atoms with Crippen LogP contribution in [0, 0.1) is 0 Å². The Kier molecular flexibility index (Phi) is 5.87. The van der Waals surface area contributed by atoms with E-state index in [9.17, 15) is 14.4 Å². The minimum Gasteiger partial charge on any atom is -0.356 e. The number of unbranched alkanes of at least 4 members (excludes halogenated alkanes) is 2. The van der Waals surface area contributed by atoms with Gasteiger partial charge in [-0.15, -0.1) is 0 Å². The van der Waals surface area contributed by atoms with Gasteiger partial charge in [-0.3, -0.25) is 9.59 Å². The highest BCUT2D eigenvalue weighted by atomic mass is 16.2. The van der Waals surface area contributed by atoms with Crippen LogP contribution in [0.1, 0.15) is 68.1 Å². The second kappa shape index (κ2) is 8.87. The third-order valence-electron chi connectivity index (χ3n) is 7.45. The summed E-state index contributed by atoms with van der Waals surface area (Å²) in [6.45, 7) is 6.43. The molecule has 2 aromatic carbocycles. The Bertz CT molecular complexity index is 1310. The number of imide groups is 1. The second-order valence-electron chi connectivity index (χ2n) is 9.84. The second-order valence-corrected chi connectivity index (χ2v) is 9.84. The van der Waals surface area contributed by atoms with Gasteiger partial charge in [0.25, 0.3) is 11.8 Å². The number of aromatic nitrogens is 1. The predicted octanol–water partition coefficient (Wildman–Crippen LogP) is 5.11. The number of hydrogen-bond acceptors (Lipinski definition) is 3. The Morgan fingerprint density at radius 3 is 2.74 bits per heavy atom. The van der Waals surface area contributed by atoms with Crippen molar-refractivity contribution >= 4 is 34.4 Å². The number of fused-ring (bicyclic) bond motifs is 5. The number of urea groups is 1. The van der Waals surface area contributed by atoms with Crippen molar-refractivity contribution in [2.75, 3.05) is 11.4 Å². The van der Waals surface area contributed by atoms with Crippen LogP contribution in [0.5, 0.6) is 0 Å². The van der Waals surface area contributed by atoms with Gasteiger partial charge in [-0.25, -0.2) is 9.69 Å². The molecule has 2 atom stereocenters. The number of nitrogens with zero attached hydrogens (tertiary/aromatic N) is 2. The Balaban J connectivity index is 1.43. The van der Waals surface area contributed by atoms with Gasteiger partial charge in [0, 0.05) is 29.1 Å². The molecule has 1 aromatic heterocycles. The van der Waals surface area contributed by atoms with Crippen molar-refractivity contribution in [3.05, 3.63) is 65.4 Å². The van der Waals surface area contributed by atoms with Gasteiger partial charge in [0.15, 0.2) is 5.54 Å². The van der Waals surface area contributed by atoms with E-state index in [1.54, 1.807) is 29.2 Å². The molecule has 0 bridgehead atoms. The molecule has 1 fully saturated rings. The lowest BCUT2D eigenvalue weighted by Crippen LogP contribution is -2.49. The Labute approximate surface area is 205 Å². The fourth-order valence-corrected chi connectivity index (χ4v) is 5.49. The average Bonchev–Trinajstić information content (AvgIpc) is 3.33. The van der Waals surface area contributed by atoms with E-state index in [4.69, 9.17) is 0 Å². The lowest BCUT2D eigenvalue weighted by molar-refractivity contribution is -0.125. The summed E-state index contributed by atoms with van der Waals surface area (Å²) in [5.41, 5.74) is 2.57. The Morgan fingerprint density at radius 1 is 1.14 bits per heavy atom. The number of H-pyrrole nitrogens is 1. The van der Waals surface area contributed by atoms with Crippen molar-refractivity contribution in [3.63, 3.8) is 0 Å². The number of anilines is 1. The zero-order valence-corrected chi connectivity index (χ0v) is 20.6. The van der Waals surface area contributed by atoms with Gasteiger partial charge in [0.2, 0.25) is 0 Å². The van der Waals surface area contributed by atoms with Gasteiger partial charge in [-0.1, -0.05) is 50.5 Å². The number of nitrogens with one attached hydrogen (secondary N) is 2. The number of carbonyl (C=O) groups is 3. The summed E-state index contributed by atoms with van der Waals surface area (Å²) in [5, 5.41) is 4.13. The lowest BCUT2D eigenvalue weighted by atomic mass is 9.87. The van der Waals surface area contributed by atoms with Gasteiger partial charge < -0.3 is 15.2 Å². The van der Waals surface area contributed by atoms with Crippen LogP contribution in [0.4, 0.5) is 10.5 Å². The minimum absolute atomic E-state index is 0.0566. The third-order valence-corrected chi connectivity index (χ3v) is 7.45. The van der Waals surface area contributed by atoms with Gasteiger partial charge in [-0.05, 0) is 56.5 Å². The predicted molar refractivity (Wildman–Crippen MR) is 136 cm³/mol. The molecule has 0 radical (unpaired) electrons. The molecule has 0 unspecified atom stereocenters. The molecule has 2 N–H and O–H groups in total. The maximum atomic E-state index is 13.9. The van der Waals surface area contributed by atoms with Crippen LogP contribution in [0.2, 0.25) is 0 Å². The summed E-state index contributed by atoms with van der Waals surface area (Å²) in [4.78, 5) is 46.5. The Morgan fingerprint density at radius 2 is 1.94 bits per heavy atom. The van der Waals surface area contributed by atoms with Crippen LogP contribution >= 0.6 is 0 Å². The number of para-hydroxylation sites is 1. The van der Waals surface area contributed by atoms with Gasteiger partial charge in [0.05, 0.1) is 11.4 Å². The summed E-state index contributed by atoms with van der Waals surface area (Å²) in [6.07, 6.45) is 4.94. The molecular formula is C28H32N4O3. The van der Waals surface area contributed by atoms with Crippen molar-refractivity contribution in [1.82, 2.24) is 15.2 Å². The zero-order chi connectivity index (χ0) is 24.7. The van der Waals surface area contributed by atoms with E-state index < -0.39 is 5.54 Å². The molecule has 3 heterocycles. The number of rotatable bonds is 7. The number of amides is 4. The lowest BCUT2D eigenvalue weighted by Gasteiger charge is -2.35. The molecule has 2 aliphatic rings. The van der Waals surface area contributed by atoms with E-state index in [0.717, 1.165) is 47.8 Å². The maximum Gasteiger partial charge on any atom is 0.332 e. The molecule has 4 amide bonds. The summed E-state index contributed by atoms with van der Waals surface area (Å²) in [6, 6.07) is 14.5. The summed E-state index contributed by atoms with van der Waals surface area (Å²) < 4.78 is 0. The van der Waals surface area contributed by atoms with E-state index in [0.29, 0.717) is 24.2 Å². The average molecular weight is 473 g/mol. The highest BCUT2D eigenvalue weighted by molar-refractivity contribution is 6.24. The highest BCUT2D eigenvalue weighted by Gasteiger charge is 2.59. The van der Waals surface area contributed by atoms with Crippen LogP contribution in [0.3, 0.4) is 0 Å². The fourth-order valence-electron chi connectivity index (χ4n) is 5.49. The van der Waals surface area contributed by atoms with Crippen LogP contribution < -0.4 is 10.2 Å². The summed E-state index contributed by atoms with van der Waals surface area (Å²) >= 11 is 0. The molecule has 2 aliphatic heterocycles. The normalized spacial score (nSPS) is 20.2. The highest BCUT2D eigenvalue weighted by Crippen LogP contribution is 2.45. The maximum absolute atomic E-state index is 13.9. The molecule has 7 heteroatoms. The first-order valence-electron chi connectivity index (χ1n) is 12.5. The first kappa shape index (κ1) is 23.1. The molecule has 3 aromatic rings. The standard InChI is InChI=1S/C28H32N4O3/c1-4-5-6-10-18(2)29-25(33)19-11-9-12-20(17-19)32-26(34)28(3)24-22(15-16-31(28)27(32)35)21-13-7-8-14-23(21)30-24/h7-9,11-14,17-18,30H,4-6,10,15-16H2,1-3H3,(H,29,33)/t18-,28-/m0/s1. The summed E-state index contributed by atoms with van der Waals surface area (Å²) in [7, 11) is 0. The fraction of sp³-hybridized carbons (Fsp3) is 0.393. The molecule has 0 aliphatic carbocycles. The number of aromatic amines is 1. The Hall–Kier alpha value is -3.61. The molecule has 7 nitrogen and oxygen atoms in total. The monoisotopic (exact) mass is 472 g/mol. The molecule has 0 spiro atoms. The minimum atomic E-state index is -1.12. The van der Waals surface area contributed by atoms with Gasteiger partial charge in [0.1, 0.15) is 0 Å². The van der Waals surface area contributed by atoms with Gasteiger partial charge in [-0.2, -0.15) is 0 Å². The molecular weight excluding hydrogens is 440 g/mol. The first-order valence-corrected chi connectivity index (χ1v) is 12.5. The number of benzene rings is 2. The van der Waals surface area contributed by atoms with Crippen molar-refractivity contribution in [3.8, 4) is 0 Å². The molecule has 5 rings (SSSR count). The summed E-state index contributed by atoms with van der Waals surface area (Å²) in [5.74, 6) is -0.503. The third kappa shape index (κ3) is 3.70. The zero-order valence-electron chi connectivity index (χ0n) is 20.6. The molecule has 0 saturated carbocycles. The molecule has 182 valence electrons. The van der Waals surface area contributed by atoms with Crippen molar-refractivity contribution in [1.29, 1.82) is 0 Å². The van der Waals surface area contributed by atoms with Crippen LogP contribution in [0.15, 0.2) is 48.5 Å². The topological polar surface area (TPSA) is 85.5 Å². The van der Waals surface area contributed by atoms with Crippen molar-refractivity contribution < 1.29 is 14.4 Å². The van der Waals surface area contributed by atoms with Gasteiger partial charge >= 0.3 is 6.03 Å². The van der Waals surface area contributed by atoms with Crippen LogP contribution in [-0.2, 0) is 16.8 Å². The van der Waals surface area contributed by atoms with Crippen molar-refractivity contribution in [2.24, 2.45) is 0 Å². The number of carbonyl (C=O) groups excluding carboxylic acids is 3. The van der Waals surface area contributed by atoms with Crippen LogP contribution in [0.25, 0.3) is 10.9 Å². The smallest absolute Gasteiger partial charge is 0.332 e. The SMILES string of the molecule is CCCCC[C@H](C)NC(=O)c1cccc(N2C(=O)N3CCc4c([nH]c5ccccc45)[C@@]3(C)C2=O)c1. The quantitative estimate of drug-likeness (QED) is 0.370. The van der Waals surface area contributed by atoms with E-state index in [1.165, 1.54) is 4.90 Å². The van der Waals surface area contributed by atoms with Crippen LogP contribution in [-0.4, -0.2) is 40.3 Å². The van der Waals surface area contributed by atoms with E-state index in [-0.39, 0.29) is 23.9 Å². The number of hydrogen-bond donors (Lipinski definition) is 2. The largest absolute Gasteiger partial charge is 0.356 e. The first-order chi connectivity index (χ1) is 16.9.